The minimum absolute atomic E-state index is 0.908. The summed E-state index contributed by atoms with van der Waals surface area (Å²) in [7, 11) is 0. The van der Waals surface area contributed by atoms with Crippen LogP contribution in [0.1, 0.15) is 66.7 Å². The van der Waals surface area contributed by atoms with Gasteiger partial charge < -0.3 is 0 Å². The highest BCUT2D eigenvalue weighted by atomic mass is 14.3. The van der Waals surface area contributed by atoms with Gasteiger partial charge in [-0.05, 0) is 24.2 Å². The molecular formula is C13H28. The second-order valence-corrected chi connectivity index (χ2v) is 4.76. The summed E-state index contributed by atoms with van der Waals surface area (Å²) in [6.45, 7) is 11.1. The molecule has 1 fully saturated rings. The third-order valence-electron chi connectivity index (χ3n) is 2.96. The molecule has 0 aliphatic heterocycles. The quantitative estimate of drug-likeness (QED) is 0.586. The second-order valence-electron chi connectivity index (χ2n) is 4.76. The maximum absolute atomic E-state index is 2.40. The molecule has 2 atom stereocenters. The van der Waals surface area contributed by atoms with Crippen LogP contribution in [0.2, 0.25) is 0 Å². The maximum atomic E-state index is 2.40. The number of hydrogen-bond donors (Lipinski definition) is 0. The van der Waals surface area contributed by atoms with Crippen LogP contribution in [-0.4, -0.2) is 0 Å². The maximum Gasteiger partial charge on any atom is -0.0412 e. The number of hydrogen-bond acceptors (Lipinski definition) is 0. The van der Waals surface area contributed by atoms with Gasteiger partial charge in [0.05, 0.1) is 0 Å². The highest BCUT2D eigenvalue weighted by molar-refractivity contribution is 4.72. The SMILES string of the molecule is CC.CC(C)CCC1CCC(C)C1. The highest BCUT2D eigenvalue weighted by Crippen LogP contribution is 2.33. The summed E-state index contributed by atoms with van der Waals surface area (Å²) in [5.41, 5.74) is 0. The molecular weight excluding hydrogens is 156 g/mol. The molecule has 0 nitrogen and oxygen atoms in total. The Hall–Kier alpha value is 0. The van der Waals surface area contributed by atoms with E-state index in [0.717, 1.165) is 17.8 Å². The topological polar surface area (TPSA) is 0 Å². The van der Waals surface area contributed by atoms with E-state index in [4.69, 9.17) is 0 Å². The van der Waals surface area contributed by atoms with Crippen LogP contribution in [0.25, 0.3) is 0 Å². The van der Waals surface area contributed by atoms with E-state index in [9.17, 15) is 0 Å². The lowest BCUT2D eigenvalue weighted by Gasteiger charge is -2.10. The van der Waals surface area contributed by atoms with E-state index in [-0.39, 0.29) is 0 Å². The molecule has 0 N–H and O–H groups in total. The van der Waals surface area contributed by atoms with E-state index in [1.54, 1.807) is 0 Å². The van der Waals surface area contributed by atoms with Gasteiger partial charge in [0.25, 0.3) is 0 Å². The first-order valence-corrected chi connectivity index (χ1v) is 6.18. The van der Waals surface area contributed by atoms with Crippen molar-refractivity contribution in [1.29, 1.82) is 0 Å². The summed E-state index contributed by atoms with van der Waals surface area (Å²) < 4.78 is 0. The van der Waals surface area contributed by atoms with E-state index in [1.165, 1.54) is 32.1 Å². The third-order valence-corrected chi connectivity index (χ3v) is 2.96. The Balaban J connectivity index is 0.000000671. The molecule has 2 unspecified atom stereocenters. The lowest BCUT2D eigenvalue weighted by molar-refractivity contribution is 0.421. The van der Waals surface area contributed by atoms with Crippen LogP contribution < -0.4 is 0 Å². The Morgan fingerprint density at radius 3 is 2.15 bits per heavy atom. The molecule has 0 heteroatoms. The zero-order valence-corrected chi connectivity index (χ0v) is 10.3. The van der Waals surface area contributed by atoms with Crippen LogP contribution in [-0.2, 0) is 0 Å². The van der Waals surface area contributed by atoms with Crippen LogP contribution in [0.3, 0.4) is 0 Å². The summed E-state index contributed by atoms with van der Waals surface area (Å²) in [5, 5.41) is 0. The Morgan fingerprint density at radius 2 is 1.77 bits per heavy atom. The molecule has 0 aromatic rings. The molecule has 0 bridgehead atoms. The monoisotopic (exact) mass is 184 g/mol. The molecule has 0 aromatic heterocycles. The summed E-state index contributed by atoms with van der Waals surface area (Å²) >= 11 is 0. The van der Waals surface area contributed by atoms with Gasteiger partial charge >= 0.3 is 0 Å². The Bertz CT molecular complexity index is 105. The van der Waals surface area contributed by atoms with Crippen molar-refractivity contribution in [3.63, 3.8) is 0 Å². The first-order chi connectivity index (χ1) is 6.18. The van der Waals surface area contributed by atoms with Crippen molar-refractivity contribution in [2.24, 2.45) is 17.8 Å². The van der Waals surface area contributed by atoms with Crippen molar-refractivity contribution < 1.29 is 0 Å². The molecule has 0 radical (unpaired) electrons. The van der Waals surface area contributed by atoms with Gasteiger partial charge in [0.1, 0.15) is 0 Å². The van der Waals surface area contributed by atoms with E-state index in [1.807, 2.05) is 13.8 Å². The van der Waals surface area contributed by atoms with Crippen molar-refractivity contribution in [2.45, 2.75) is 66.7 Å². The Kier molecular flexibility index (Phi) is 7.41. The molecule has 1 aliphatic carbocycles. The average molecular weight is 184 g/mol. The number of rotatable bonds is 3. The molecule has 1 aliphatic rings. The normalized spacial score (nSPS) is 27.2. The van der Waals surface area contributed by atoms with Gasteiger partial charge in [0.2, 0.25) is 0 Å². The highest BCUT2D eigenvalue weighted by Gasteiger charge is 2.20. The standard InChI is InChI=1S/C11H22.C2H6/c1-9(2)4-6-11-7-5-10(3)8-11;1-2/h9-11H,4-8H2,1-3H3;1-2H3. The van der Waals surface area contributed by atoms with Crippen molar-refractivity contribution >= 4 is 0 Å². The Morgan fingerprint density at radius 1 is 1.15 bits per heavy atom. The van der Waals surface area contributed by atoms with Gasteiger partial charge in [0.15, 0.2) is 0 Å². The first-order valence-electron chi connectivity index (χ1n) is 6.18. The molecule has 0 heterocycles. The van der Waals surface area contributed by atoms with E-state index in [0.29, 0.717) is 0 Å². The van der Waals surface area contributed by atoms with Crippen molar-refractivity contribution in [3.05, 3.63) is 0 Å². The summed E-state index contributed by atoms with van der Waals surface area (Å²) in [4.78, 5) is 0. The van der Waals surface area contributed by atoms with Gasteiger partial charge in [-0.1, -0.05) is 60.3 Å². The van der Waals surface area contributed by atoms with Crippen LogP contribution >= 0.6 is 0 Å². The van der Waals surface area contributed by atoms with Crippen LogP contribution in [0.15, 0.2) is 0 Å². The van der Waals surface area contributed by atoms with E-state index < -0.39 is 0 Å². The molecule has 0 spiro atoms. The molecule has 1 saturated carbocycles. The summed E-state index contributed by atoms with van der Waals surface area (Å²) in [6, 6.07) is 0. The van der Waals surface area contributed by atoms with Crippen molar-refractivity contribution in [2.75, 3.05) is 0 Å². The molecule has 0 amide bonds. The van der Waals surface area contributed by atoms with Crippen molar-refractivity contribution in [1.82, 2.24) is 0 Å². The fraction of sp³-hybridized carbons (Fsp3) is 1.00. The van der Waals surface area contributed by atoms with Gasteiger partial charge in [-0.15, -0.1) is 0 Å². The smallest absolute Gasteiger partial charge is 0.0412 e. The molecule has 13 heavy (non-hydrogen) atoms. The fourth-order valence-electron chi connectivity index (χ4n) is 2.16. The summed E-state index contributed by atoms with van der Waals surface area (Å²) in [6.07, 6.45) is 7.43. The molecule has 1 rings (SSSR count). The largest absolute Gasteiger partial charge is 0.0683 e. The van der Waals surface area contributed by atoms with Gasteiger partial charge in [-0.3, -0.25) is 0 Å². The first kappa shape index (κ1) is 13.0. The summed E-state index contributed by atoms with van der Waals surface area (Å²) in [5.74, 6) is 3.01. The second kappa shape index (κ2) is 7.41. The molecule has 0 aromatic carbocycles. The average Bonchev–Trinajstić information content (AvgIpc) is 2.52. The molecule has 0 saturated heterocycles. The minimum atomic E-state index is 0.908. The van der Waals surface area contributed by atoms with E-state index >= 15 is 0 Å². The minimum Gasteiger partial charge on any atom is -0.0683 e. The zero-order valence-electron chi connectivity index (χ0n) is 10.3. The fourth-order valence-corrected chi connectivity index (χ4v) is 2.16. The third kappa shape index (κ3) is 6.12. The Labute approximate surface area is 85.1 Å². The van der Waals surface area contributed by atoms with Gasteiger partial charge in [-0.2, -0.15) is 0 Å². The molecule has 80 valence electrons. The van der Waals surface area contributed by atoms with E-state index in [2.05, 4.69) is 20.8 Å². The predicted octanol–water partition coefficient (Wildman–Crippen LogP) is 4.89. The van der Waals surface area contributed by atoms with Crippen LogP contribution in [0.4, 0.5) is 0 Å². The van der Waals surface area contributed by atoms with Crippen LogP contribution in [0, 0.1) is 17.8 Å². The van der Waals surface area contributed by atoms with Gasteiger partial charge in [0, 0.05) is 0 Å². The van der Waals surface area contributed by atoms with Crippen molar-refractivity contribution in [3.8, 4) is 0 Å². The lowest BCUT2D eigenvalue weighted by Crippen LogP contribution is -1.97. The zero-order chi connectivity index (χ0) is 10.3. The van der Waals surface area contributed by atoms with Gasteiger partial charge in [-0.25, -0.2) is 0 Å². The lowest BCUT2D eigenvalue weighted by atomic mass is 9.96. The van der Waals surface area contributed by atoms with Crippen LogP contribution in [0.5, 0.6) is 0 Å². The predicted molar refractivity (Wildman–Crippen MR) is 61.9 cm³/mol.